The van der Waals surface area contributed by atoms with E-state index in [0.717, 1.165) is 25.0 Å². The van der Waals surface area contributed by atoms with E-state index in [1.54, 1.807) is 10.7 Å². The highest BCUT2D eigenvalue weighted by atomic mass is 35.5. The van der Waals surface area contributed by atoms with Crippen molar-refractivity contribution in [2.24, 2.45) is 0 Å². The maximum Gasteiger partial charge on any atom is 0.270 e. The average Bonchev–Trinajstić information content (AvgIpc) is 2.57. The summed E-state index contributed by atoms with van der Waals surface area (Å²) in [6.07, 6.45) is 3.14. The van der Waals surface area contributed by atoms with Crippen LogP contribution in [0.4, 0.5) is 0 Å². The van der Waals surface area contributed by atoms with Crippen molar-refractivity contribution in [3.8, 4) is 0 Å². The predicted octanol–water partition coefficient (Wildman–Crippen LogP) is 2.62. The van der Waals surface area contributed by atoms with Crippen LogP contribution in [-0.4, -0.2) is 15.0 Å². The second-order valence-corrected chi connectivity index (χ2v) is 3.56. The zero-order valence-electron chi connectivity index (χ0n) is 8.59. The van der Waals surface area contributed by atoms with Crippen LogP contribution >= 0.6 is 11.6 Å². The molecule has 4 heteroatoms. The van der Waals surface area contributed by atoms with Crippen LogP contribution in [0.5, 0.6) is 0 Å². The highest BCUT2D eigenvalue weighted by Gasteiger charge is 2.11. The maximum absolute atomic E-state index is 11.0. The van der Waals surface area contributed by atoms with Crippen molar-refractivity contribution in [1.29, 1.82) is 0 Å². The summed E-state index contributed by atoms with van der Waals surface area (Å²) in [4.78, 5) is 11.0. The van der Waals surface area contributed by atoms with Crippen LogP contribution in [0.15, 0.2) is 6.07 Å². The van der Waals surface area contributed by atoms with Gasteiger partial charge in [-0.3, -0.25) is 9.48 Å². The summed E-state index contributed by atoms with van der Waals surface area (Å²) >= 11 is 5.43. The predicted molar refractivity (Wildman–Crippen MR) is 56.7 cm³/mol. The molecule has 0 aromatic carbocycles. The highest BCUT2D eigenvalue weighted by Crippen LogP contribution is 2.10. The number of hydrogen-bond acceptors (Lipinski definition) is 2. The number of aryl methyl sites for hydroxylation is 2. The number of carbonyl (C=O) groups excluding carboxylic acids is 1. The summed E-state index contributed by atoms with van der Waals surface area (Å²) < 4.78 is 1.65. The first-order valence-corrected chi connectivity index (χ1v) is 5.33. The second-order valence-electron chi connectivity index (χ2n) is 3.21. The minimum absolute atomic E-state index is 0.429. The molecule has 0 atom stereocenters. The number of rotatable bonds is 5. The molecule has 0 unspecified atom stereocenters. The minimum atomic E-state index is -0.429. The summed E-state index contributed by atoms with van der Waals surface area (Å²) in [5.41, 5.74) is 1.46. The Morgan fingerprint density at radius 1 is 1.57 bits per heavy atom. The molecule has 0 N–H and O–H groups in total. The van der Waals surface area contributed by atoms with Gasteiger partial charge in [0, 0.05) is 6.54 Å². The zero-order valence-corrected chi connectivity index (χ0v) is 9.34. The molecule has 1 aromatic rings. The first-order valence-electron chi connectivity index (χ1n) is 4.95. The molecular formula is C10H15ClN2O. The monoisotopic (exact) mass is 214 g/mol. The number of halogens is 1. The number of carbonyl (C=O) groups is 1. The van der Waals surface area contributed by atoms with Crippen molar-refractivity contribution in [3.63, 3.8) is 0 Å². The van der Waals surface area contributed by atoms with E-state index >= 15 is 0 Å². The summed E-state index contributed by atoms with van der Waals surface area (Å²) in [5.74, 6) is 0. The van der Waals surface area contributed by atoms with Crippen molar-refractivity contribution < 1.29 is 4.79 Å². The van der Waals surface area contributed by atoms with E-state index in [1.807, 2.05) is 6.92 Å². The summed E-state index contributed by atoms with van der Waals surface area (Å²) in [6.45, 7) is 4.75. The summed E-state index contributed by atoms with van der Waals surface area (Å²) in [6, 6.07) is 1.79. The maximum atomic E-state index is 11.0. The molecule has 1 rings (SSSR count). The Balaban J connectivity index is 2.83. The van der Waals surface area contributed by atoms with Gasteiger partial charge in [0.25, 0.3) is 5.24 Å². The van der Waals surface area contributed by atoms with Gasteiger partial charge in [-0.15, -0.1) is 0 Å². The molecular weight excluding hydrogens is 200 g/mol. The highest BCUT2D eigenvalue weighted by molar-refractivity contribution is 6.67. The van der Waals surface area contributed by atoms with E-state index in [0.29, 0.717) is 12.2 Å². The number of nitrogens with zero attached hydrogens (tertiary/aromatic N) is 2. The topological polar surface area (TPSA) is 34.9 Å². The third-order valence-corrected chi connectivity index (χ3v) is 2.31. The first-order chi connectivity index (χ1) is 6.69. The molecule has 14 heavy (non-hydrogen) atoms. The second kappa shape index (κ2) is 5.15. The van der Waals surface area contributed by atoms with E-state index in [2.05, 4.69) is 12.0 Å². The lowest BCUT2D eigenvalue weighted by Gasteiger charge is -1.97. The average molecular weight is 215 g/mol. The van der Waals surface area contributed by atoms with Crippen LogP contribution in [-0.2, 0) is 13.0 Å². The number of unbranched alkanes of at least 4 members (excludes halogenated alkanes) is 1. The lowest BCUT2D eigenvalue weighted by atomic mass is 10.2. The van der Waals surface area contributed by atoms with Crippen LogP contribution < -0.4 is 0 Å². The van der Waals surface area contributed by atoms with Crippen LogP contribution in [0.25, 0.3) is 0 Å². The van der Waals surface area contributed by atoms with Crippen molar-refractivity contribution in [2.75, 3.05) is 0 Å². The Labute approximate surface area is 89.1 Å². The van der Waals surface area contributed by atoms with E-state index in [1.165, 1.54) is 0 Å². The van der Waals surface area contributed by atoms with Gasteiger partial charge < -0.3 is 0 Å². The quantitative estimate of drug-likeness (QED) is 0.707. The van der Waals surface area contributed by atoms with Gasteiger partial charge in [-0.1, -0.05) is 13.3 Å². The van der Waals surface area contributed by atoms with Crippen molar-refractivity contribution in [2.45, 2.75) is 39.7 Å². The Morgan fingerprint density at radius 2 is 2.29 bits per heavy atom. The smallest absolute Gasteiger partial charge is 0.270 e. The summed E-state index contributed by atoms with van der Waals surface area (Å²) in [7, 11) is 0. The fourth-order valence-corrected chi connectivity index (χ4v) is 1.50. The molecule has 0 saturated heterocycles. The third kappa shape index (κ3) is 2.58. The zero-order chi connectivity index (χ0) is 10.6. The molecule has 1 heterocycles. The van der Waals surface area contributed by atoms with E-state index < -0.39 is 5.24 Å². The van der Waals surface area contributed by atoms with Crippen LogP contribution in [0.2, 0.25) is 0 Å². The van der Waals surface area contributed by atoms with Gasteiger partial charge in [0.15, 0.2) is 0 Å². The van der Waals surface area contributed by atoms with Crippen molar-refractivity contribution >= 4 is 16.8 Å². The number of hydrogen-bond donors (Lipinski definition) is 0. The fraction of sp³-hybridized carbons (Fsp3) is 0.600. The Hall–Kier alpha value is -0.830. The van der Waals surface area contributed by atoms with Gasteiger partial charge in [0.1, 0.15) is 5.69 Å². The van der Waals surface area contributed by atoms with Gasteiger partial charge >= 0.3 is 0 Å². The van der Waals surface area contributed by atoms with Gasteiger partial charge in [-0.2, -0.15) is 5.10 Å². The van der Waals surface area contributed by atoms with E-state index in [-0.39, 0.29) is 0 Å². The molecule has 0 amide bonds. The lowest BCUT2D eigenvalue weighted by Crippen LogP contribution is -2.04. The Morgan fingerprint density at radius 3 is 2.71 bits per heavy atom. The third-order valence-electron chi connectivity index (χ3n) is 2.12. The molecule has 0 aliphatic rings. The largest absolute Gasteiger partial charge is 0.274 e. The molecule has 0 aliphatic heterocycles. The molecule has 78 valence electrons. The molecule has 0 fully saturated rings. The lowest BCUT2D eigenvalue weighted by molar-refractivity contribution is 0.107. The van der Waals surface area contributed by atoms with Gasteiger partial charge in [0.2, 0.25) is 0 Å². The Bertz CT molecular complexity index is 320. The SMILES string of the molecule is CCCCc1cc(C(=O)Cl)n(CC)n1. The van der Waals surface area contributed by atoms with Crippen LogP contribution in [0.1, 0.15) is 42.9 Å². The van der Waals surface area contributed by atoms with E-state index in [4.69, 9.17) is 11.6 Å². The molecule has 0 aliphatic carbocycles. The molecule has 0 radical (unpaired) electrons. The number of aromatic nitrogens is 2. The van der Waals surface area contributed by atoms with Crippen LogP contribution in [0.3, 0.4) is 0 Å². The summed E-state index contributed by atoms with van der Waals surface area (Å²) in [5, 5.41) is 3.87. The molecule has 3 nitrogen and oxygen atoms in total. The van der Waals surface area contributed by atoms with E-state index in [9.17, 15) is 4.79 Å². The van der Waals surface area contributed by atoms with Crippen molar-refractivity contribution in [1.82, 2.24) is 9.78 Å². The molecule has 0 saturated carbocycles. The Kier molecular flexibility index (Phi) is 4.14. The molecule has 0 bridgehead atoms. The van der Waals surface area contributed by atoms with Crippen LogP contribution in [0, 0.1) is 0 Å². The normalized spacial score (nSPS) is 10.5. The molecule has 0 spiro atoms. The standard InChI is InChI=1S/C10H15ClN2O/c1-3-5-6-8-7-9(10(11)14)13(4-2)12-8/h7H,3-6H2,1-2H3. The van der Waals surface area contributed by atoms with Crippen molar-refractivity contribution in [3.05, 3.63) is 17.5 Å². The van der Waals surface area contributed by atoms with Gasteiger partial charge in [-0.25, -0.2) is 0 Å². The fourth-order valence-electron chi connectivity index (χ4n) is 1.35. The molecule has 1 aromatic heterocycles. The minimum Gasteiger partial charge on any atom is -0.274 e. The van der Waals surface area contributed by atoms with Gasteiger partial charge in [0.05, 0.1) is 5.69 Å². The van der Waals surface area contributed by atoms with Gasteiger partial charge in [-0.05, 0) is 37.4 Å². The first kappa shape index (κ1) is 11.2.